The van der Waals surface area contributed by atoms with Crippen molar-refractivity contribution < 1.29 is 0 Å². The molecule has 2 aliphatic rings. The second-order valence-electron chi connectivity index (χ2n) is 17.1. The van der Waals surface area contributed by atoms with Crippen LogP contribution in [0, 0.1) is 0 Å². The van der Waals surface area contributed by atoms with Crippen LogP contribution in [0.2, 0.25) is 0 Å². The summed E-state index contributed by atoms with van der Waals surface area (Å²) in [5, 5.41) is 2.55. The number of hydrogen-bond acceptors (Lipinski definition) is 0. The van der Waals surface area contributed by atoms with Crippen molar-refractivity contribution in [1.29, 1.82) is 0 Å². The lowest BCUT2D eigenvalue weighted by atomic mass is 9.82. The summed E-state index contributed by atoms with van der Waals surface area (Å²) in [4.78, 5) is 0. The summed E-state index contributed by atoms with van der Waals surface area (Å²) in [6.07, 6.45) is 0. The summed E-state index contributed by atoms with van der Waals surface area (Å²) >= 11 is 0. The van der Waals surface area contributed by atoms with E-state index in [0.29, 0.717) is 0 Å². The molecule has 0 radical (unpaired) electrons. The fourth-order valence-electron chi connectivity index (χ4n) is 11.0. The second kappa shape index (κ2) is 14.3. The van der Waals surface area contributed by atoms with Crippen LogP contribution in [0.1, 0.15) is 45.2 Å². The van der Waals surface area contributed by atoms with Gasteiger partial charge in [0.05, 0.1) is 11.0 Å². The number of benzene rings is 10. The highest BCUT2D eigenvalue weighted by Gasteiger charge is 2.33. The van der Waals surface area contributed by atoms with Crippen molar-refractivity contribution in [3.05, 3.63) is 270 Å². The Morgan fingerprint density at radius 2 is 0.714 bits per heavy atom. The van der Waals surface area contributed by atoms with E-state index in [1.54, 1.807) is 0 Å². The van der Waals surface area contributed by atoms with Crippen molar-refractivity contribution in [3.63, 3.8) is 0 Å². The average molecular weight is 800 g/mol. The minimum atomic E-state index is 0.0744. The van der Waals surface area contributed by atoms with E-state index >= 15 is 0 Å². The normalized spacial score (nSPS) is 13.8. The summed E-state index contributed by atoms with van der Waals surface area (Å²) in [5.41, 5.74) is 24.3. The van der Waals surface area contributed by atoms with Crippen LogP contribution in [0.3, 0.4) is 0 Å². The maximum Gasteiger partial charge on any atom is 0.0541 e. The summed E-state index contributed by atoms with van der Waals surface area (Å²) in [7, 11) is 0. The maximum atomic E-state index is 2.46. The minimum absolute atomic E-state index is 0.0744. The summed E-state index contributed by atoms with van der Waals surface area (Å²) in [6.45, 7) is 0. The van der Waals surface area contributed by atoms with Gasteiger partial charge in [-0.25, -0.2) is 0 Å². The van der Waals surface area contributed by atoms with Gasteiger partial charge in [-0.05, 0) is 125 Å². The van der Waals surface area contributed by atoms with Crippen molar-refractivity contribution in [2.24, 2.45) is 0 Å². The van der Waals surface area contributed by atoms with E-state index in [1.165, 1.54) is 117 Å². The van der Waals surface area contributed by atoms with Gasteiger partial charge in [0.1, 0.15) is 0 Å². The molecular formula is C62H41N. The van der Waals surface area contributed by atoms with Crippen LogP contribution in [0.25, 0.3) is 83.1 Å². The Hall–Kier alpha value is -8.00. The number of rotatable bonds is 6. The van der Waals surface area contributed by atoms with Gasteiger partial charge < -0.3 is 4.57 Å². The zero-order chi connectivity index (χ0) is 41.4. The molecular weight excluding hydrogens is 759 g/mol. The third-order valence-electron chi connectivity index (χ3n) is 13.8. The van der Waals surface area contributed by atoms with Crippen molar-refractivity contribution in [2.45, 2.75) is 11.8 Å². The lowest BCUT2D eigenvalue weighted by molar-refractivity contribution is 1.01. The van der Waals surface area contributed by atoms with Crippen LogP contribution < -0.4 is 0 Å². The number of nitrogens with zero attached hydrogens (tertiary/aromatic N) is 1. The van der Waals surface area contributed by atoms with Crippen LogP contribution in [0.4, 0.5) is 0 Å². The van der Waals surface area contributed by atoms with E-state index in [1.807, 2.05) is 0 Å². The molecule has 10 aromatic carbocycles. The predicted octanol–water partition coefficient (Wildman–Crippen LogP) is 16.1. The molecule has 63 heavy (non-hydrogen) atoms. The van der Waals surface area contributed by atoms with E-state index in [2.05, 4.69) is 241 Å². The van der Waals surface area contributed by atoms with Gasteiger partial charge in [-0.1, -0.05) is 200 Å². The molecule has 294 valence electrons. The van der Waals surface area contributed by atoms with Crippen molar-refractivity contribution >= 4 is 21.8 Å². The molecule has 11 aromatic rings. The molecule has 1 heteroatoms. The Morgan fingerprint density at radius 1 is 0.254 bits per heavy atom. The first-order valence-corrected chi connectivity index (χ1v) is 22.1. The van der Waals surface area contributed by atoms with Crippen LogP contribution in [-0.4, -0.2) is 4.57 Å². The Morgan fingerprint density at radius 3 is 1.35 bits per heavy atom. The molecule has 0 saturated heterocycles. The van der Waals surface area contributed by atoms with Gasteiger partial charge in [0, 0.05) is 28.3 Å². The molecule has 0 fully saturated rings. The highest BCUT2D eigenvalue weighted by atomic mass is 15.0. The molecule has 1 nitrogen and oxygen atoms in total. The third-order valence-corrected chi connectivity index (χ3v) is 13.8. The monoisotopic (exact) mass is 799 g/mol. The molecule has 1 aromatic heterocycles. The van der Waals surface area contributed by atoms with Gasteiger partial charge in [0.2, 0.25) is 0 Å². The number of fused-ring (bicyclic) bond motifs is 9. The van der Waals surface area contributed by atoms with Crippen molar-refractivity contribution in [3.8, 4) is 61.3 Å². The average Bonchev–Trinajstić information content (AvgIpc) is 4.00. The van der Waals surface area contributed by atoms with E-state index < -0.39 is 0 Å². The zero-order valence-corrected chi connectivity index (χ0v) is 34.6. The number of aromatic nitrogens is 1. The van der Waals surface area contributed by atoms with Crippen LogP contribution in [-0.2, 0) is 0 Å². The van der Waals surface area contributed by atoms with E-state index in [4.69, 9.17) is 0 Å². The van der Waals surface area contributed by atoms with Crippen molar-refractivity contribution in [1.82, 2.24) is 4.57 Å². The summed E-state index contributed by atoms with van der Waals surface area (Å²) in [6, 6.07) is 88.1. The largest absolute Gasteiger partial charge is 0.309 e. The van der Waals surface area contributed by atoms with Crippen molar-refractivity contribution in [2.75, 3.05) is 0 Å². The lowest BCUT2D eigenvalue weighted by Crippen LogP contribution is -2.03. The molecule has 0 amide bonds. The van der Waals surface area contributed by atoms with Crippen LogP contribution in [0.5, 0.6) is 0 Å². The Bertz CT molecular complexity index is 3470. The van der Waals surface area contributed by atoms with Gasteiger partial charge in [0.25, 0.3) is 0 Å². The number of para-hydroxylation sites is 2. The van der Waals surface area contributed by atoms with Gasteiger partial charge >= 0.3 is 0 Å². The fraction of sp³-hybridized carbons (Fsp3) is 0.0323. The first-order chi connectivity index (χ1) is 31.3. The summed E-state index contributed by atoms with van der Waals surface area (Å²) in [5.74, 6) is 0.219. The quantitative estimate of drug-likeness (QED) is 0.158. The molecule has 0 spiro atoms. The molecule has 1 atom stereocenters. The lowest BCUT2D eigenvalue weighted by Gasteiger charge is -2.22. The Labute approximate surface area is 367 Å². The maximum absolute atomic E-state index is 2.46. The summed E-state index contributed by atoms with van der Waals surface area (Å²) < 4.78 is 2.44. The molecule has 0 aliphatic heterocycles. The Kier molecular flexibility index (Phi) is 8.11. The topological polar surface area (TPSA) is 4.93 Å². The highest BCUT2D eigenvalue weighted by Crippen LogP contribution is 2.53. The van der Waals surface area contributed by atoms with Gasteiger partial charge in [-0.3, -0.25) is 0 Å². The molecule has 0 N–H and O–H groups in total. The Balaban J connectivity index is 0.992. The molecule has 1 heterocycles. The van der Waals surface area contributed by atoms with Crippen LogP contribution in [0.15, 0.2) is 237 Å². The van der Waals surface area contributed by atoms with Crippen LogP contribution >= 0.6 is 0 Å². The van der Waals surface area contributed by atoms with E-state index in [9.17, 15) is 0 Å². The van der Waals surface area contributed by atoms with Gasteiger partial charge in [0.15, 0.2) is 0 Å². The minimum Gasteiger partial charge on any atom is -0.309 e. The molecule has 13 rings (SSSR count). The molecule has 0 saturated carbocycles. The van der Waals surface area contributed by atoms with Gasteiger partial charge in [-0.2, -0.15) is 0 Å². The highest BCUT2D eigenvalue weighted by molar-refractivity contribution is 6.09. The van der Waals surface area contributed by atoms with Gasteiger partial charge in [-0.15, -0.1) is 0 Å². The fourth-order valence-corrected chi connectivity index (χ4v) is 11.0. The molecule has 1 unspecified atom stereocenters. The number of hydrogen-bond donors (Lipinski definition) is 0. The first kappa shape index (κ1) is 35.7. The second-order valence-corrected chi connectivity index (χ2v) is 17.1. The molecule has 2 aliphatic carbocycles. The predicted molar refractivity (Wildman–Crippen MR) is 263 cm³/mol. The standard InChI is InChI=1S/C62H41N/c1-3-17-40(18-4-1)43-35-44(37-45(36-43)61-52-26-10-7-21-47(52)48-22-8-11-27-53(48)61)42-31-33-55(57(38-42)41-19-5-2-6-20-41)62-54-28-12-9-23-49(54)58-39-46(32-34-56(58)62)63-59-29-15-13-24-50(59)51-25-14-16-30-60(51)63/h1-39,61-62H. The smallest absolute Gasteiger partial charge is 0.0541 e. The zero-order valence-electron chi connectivity index (χ0n) is 34.6. The first-order valence-electron chi connectivity index (χ1n) is 22.1. The third kappa shape index (κ3) is 5.63. The van der Waals surface area contributed by atoms with E-state index in [0.717, 1.165) is 0 Å². The SMILES string of the molecule is c1ccc(-c2cc(-c3ccc(C4c5ccccc5-c5cc(-n6c7ccccc7c7ccccc76)ccc54)c(-c4ccccc4)c3)cc(C3c4ccccc4-c4ccccc43)c2)cc1. The van der Waals surface area contributed by atoms with E-state index in [-0.39, 0.29) is 11.8 Å². The molecule has 0 bridgehead atoms.